The Hall–Kier alpha value is -1.30. The van der Waals surface area contributed by atoms with E-state index in [-0.39, 0.29) is 12.6 Å². The summed E-state index contributed by atoms with van der Waals surface area (Å²) in [5.74, 6) is -1.35. The van der Waals surface area contributed by atoms with Crippen molar-refractivity contribution in [1.82, 2.24) is 15.1 Å². The first-order valence-corrected chi connectivity index (χ1v) is 5.98. The summed E-state index contributed by atoms with van der Waals surface area (Å²) in [5, 5.41) is 11.5. The Bertz CT molecular complexity index is 275. The maximum Gasteiger partial charge on any atom is 0.317 e. The summed E-state index contributed by atoms with van der Waals surface area (Å²) in [6.07, 6.45) is 0.526. The van der Waals surface area contributed by atoms with Gasteiger partial charge in [0.05, 0.1) is 5.92 Å². The number of carboxylic acids is 1. The van der Waals surface area contributed by atoms with Gasteiger partial charge in [0.2, 0.25) is 0 Å². The summed E-state index contributed by atoms with van der Waals surface area (Å²) in [6, 6.07) is -0.155. The van der Waals surface area contributed by atoms with Crippen LogP contribution in [-0.4, -0.2) is 66.7 Å². The third-order valence-electron chi connectivity index (χ3n) is 3.13. The molecule has 0 radical (unpaired) electrons. The largest absolute Gasteiger partial charge is 0.481 e. The molecule has 0 aromatic rings. The summed E-state index contributed by atoms with van der Waals surface area (Å²) in [4.78, 5) is 26.4. The Balaban J connectivity index is 2.31. The van der Waals surface area contributed by atoms with Gasteiger partial charge in [-0.25, -0.2) is 4.79 Å². The third kappa shape index (κ3) is 4.22. The summed E-state index contributed by atoms with van der Waals surface area (Å²) < 4.78 is 0. The first-order valence-electron chi connectivity index (χ1n) is 5.98. The van der Waals surface area contributed by atoms with Gasteiger partial charge < -0.3 is 20.2 Å². The first-order chi connectivity index (χ1) is 8.04. The van der Waals surface area contributed by atoms with Crippen molar-refractivity contribution in [1.29, 1.82) is 0 Å². The van der Waals surface area contributed by atoms with Crippen molar-refractivity contribution in [2.24, 2.45) is 5.92 Å². The van der Waals surface area contributed by atoms with Gasteiger partial charge in [-0.1, -0.05) is 6.92 Å². The second-order valence-corrected chi connectivity index (χ2v) is 4.42. The molecule has 1 aliphatic heterocycles. The highest BCUT2D eigenvalue weighted by Crippen LogP contribution is 2.03. The number of piperazine rings is 1. The molecule has 1 saturated heterocycles. The van der Waals surface area contributed by atoms with Gasteiger partial charge in [-0.2, -0.15) is 0 Å². The number of carboxylic acid groups (broad SMARTS) is 1. The lowest BCUT2D eigenvalue weighted by atomic mass is 10.1. The van der Waals surface area contributed by atoms with Crippen LogP contribution in [0.25, 0.3) is 0 Å². The number of hydrogen-bond donors (Lipinski definition) is 2. The van der Waals surface area contributed by atoms with Crippen molar-refractivity contribution >= 4 is 12.0 Å². The van der Waals surface area contributed by atoms with Crippen LogP contribution in [0.1, 0.15) is 13.3 Å². The highest BCUT2D eigenvalue weighted by molar-refractivity contribution is 5.76. The number of amides is 2. The van der Waals surface area contributed by atoms with Crippen molar-refractivity contribution in [2.75, 3.05) is 39.8 Å². The number of carbonyl (C=O) groups excluding carboxylic acids is 1. The van der Waals surface area contributed by atoms with Crippen LogP contribution in [0.4, 0.5) is 4.79 Å². The minimum atomic E-state index is -0.855. The fraction of sp³-hybridized carbons (Fsp3) is 0.818. The molecular formula is C11H21N3O3. The second kappa shape index (κ2) is 6.44. The molecule has 2 amide bonds. The van der Waals surface area contributed by atoms with Gasteiger partial charge in [-0.15, -0.1) is 0 Å². The van der Waals surface area contributed by atoms with Crippen molar-refractivity contribution < 1.29 is 14.7 Å². The van der Waals surface area contributed by atoms with E-state index in [9.17, 15) is 9.59 Å². The van der Waals surface area contributed by atoms with E-state index >= 15 is 0 Å². The molecule has 0 aromatic carbocycles. The number of carbonyl (C=O) groups is 2. The van der Waals surface area contributed by atoms with Crippen LogP contribution in [0.15, 0.2) is 0 Å². The Kier molecular flexibility index (Phi) is 5.21. The highest BCUT2D eigenvalue weighted by atomic mass is 16.4. The zero-order valence-electron chi connectivity index (χ0n) is 10.5. The van der Waals surface area contributed by atoms with E-state index in [1.54, 1.807) is 11.8 Å². The van der Waals surface area contributed by atoms with Gasteiger partial charge in [-0.3, -0.25) is 4.79 Å². The van der Waals surface area contributed by atoms with Gasteiger partial charge in [-0.05, 0) is 13.5 Å². The summed E-state index contributed by atoms with van der Waals surface area (Å²) in [5.41, 5.74) is 0. The number of hydrogen-bond acceptors (Lipinski definition) is 3. The molecule has 6 heteroatoms. The van der Waals surface area contributed by atoms with Gasteiger partial charge in [0.15, 0.2) is 0 Å². The molecule has 2 N–H and O–H groups in total. The number of urea groups is 1. The minimum absolute atomic E-state index is 0.155. The van der Waals surface area contributed by atoms with Crippen LogP contribution in [0.5, 0.6) is 0 Å². The van der Waals surface area contributed by atoms with E-state index in [0.717, 1.165) is 13.1 Å². The third-order valence-corrected chi connectivity index (χ3v) is 3.13. The molecule has 0 bridgehead atoms. The van der Waals surface area contributed by atoms with Crippen LogP contribution in [0.2, 0.25) is 0 Å². The number of likely N-dealkylation sites (N-methyl/N-ethyl adjacent to an activating group) is 1. The molecule has 1 aliphatic rings. The molecule has 0 aromatic heterocycles. The quantitative estimate of drug-likeness (QED) is 0.732. The zero-order valence-corrected chi connectivity index (χ0v) is 10.5. The Morgan fingerprint density at radius 1 is 1.29 bits per heavy atom. The van der Waals surface area contributed by atoms with E-state index in [0.29, 0.717) is 19.5 Å². The molecule has 1 heterocycles. The standard InChI is InChI=1S/C11H21N3O3/c1-3-9(10(15)16)8-12-11(17)14-6-4-13(2)5-7-14/h9H,3-8H2,1-2H3,(H,12,17)(H,15,16). The number of nitrogens with one attached hydrogen (secondary N) is 1. The number of rotatable bonds is 4. The monoisotopic (exact) mass is 243 g/mol. The topological polar surface area (TPSA) is 72.9 Å². The molecule has 1 atom stereocenters. The molecule has 0 aliphatic carbocycles. The number of nitrogens with zero attached hydrogens (tertiary/aromatic N) is 2. The van der Waals surface area contributed by atoms with E-state index in [2.05, 4.69) is 10.2 Å². The highest BCUT2D eigenvalue weighted by Gasteiger charge is 2.21. The summed E-state index contributed by atoms with van der Waals surface area (Å²) in [6.45, 7) is 5.14. The number of aliphatic carboxylic acids is 1. The second-order valence-electron chi connectivity index (χ2n) is 4.42. The molecule has 1 unspecified atom stereocenters. The smallest absolute Gasteiger partial charge is 0.317 e. The molecule has 1 rings (SSSR count). The average molecular weight is 243 g/mol. The van der Waals surface area contributed by atoms with Crippen LogP contribution in [0.3, 0.4) is 0 Å². The zero-order chi connectivity index (χ0) is 12.8. The van der Waals surface area contributed by atoms with Crippen LogP contribution in [-0.2, 0) is 4.79 Å². The molecule has 98 valence electrons. The van der Waals surface area contributed by atoms with E-state index in [1.165, 1.54) is 0 Å². The van der Waals surface area contributed by atoms with Crippen LogP contribution >= 0.6 is 0 Å². The van der Waals surface area contributed by atoms with Gasteiger partial charge in [0.1, 0.15) is 0 Å². The van der Waals surface area contributed by atoms with Crippen LogP contribution in [0, 0.1) is 5.92 Å². The SMILES string of the molecule is CCC(CNC(=O)N1CCN(C)CC1)C(=O)O. The summed E-state index contributed by atoms with van der Waals surface area (Å²) >= 11 is 0. The Morgan fingerprint density at radius 2 is 1.88 bits per heavy atom. The predicted octanol–water partition coefficient (Wildman–Crippen LogP) is 0.0542. The van der Waals surface area contributed by atoms with Gasteiger partial charge >= 0.3 is 12.0 Å². The van der Waals surface area contributed by atoms with Crippen molar-refractivity contribution in [3.8, 4) is 0 Å². The minimum Gasteiger partial charge on any atom is -0.481 e. The molecule has 0 spiro atoms. The van der Waals surface area contributed by atoms with Crippen molar-refractivity contribution in [3.63, 3.8) is 0 Å². The lowest BCUT2D eigenvalue weighted by Gasteiger charge is -2.32. The predicted molar refractivity (Wildman–Crippen MR) is 63.9 cm³/mol. The van der Waals surface area contributed by atoms with Gasteiger partial charge in [0.25, 0.3) is 0 Å². The average Bonchev–Trinajstić information content (AvgIpc) is 2.30. The molecule has 6 nitrogen and oxygen atoms in total. The van der Waals surface area contributed by atoms with Crippen molar-refractivity contribution in [2.45, 2.75) is 13.3 Å². The lowest BCUT2D eigenvalue weighted by molar-refractivity contribution is -0.141. The lowest BCUT2D eigenvalue weighted by Crippen LogP contribution is -2.51. The maximum atomic E-state index is 11.8. The van der Waals surface area contributed by atoms with Crippen LogP contribution < -0.4 is 5.32 Å². The van der Waals surface area contributed by atoms with Crippen molar-refractivity contribution in [3.05, 3.63) is 0 Å². The fourth-order valence-electron chi connectivity index (χ4n) is 1.74. The Morgan fingerprint density at radius 3 is 2.35 bits per heavy atom. The van der Waals surface area contributed by atoms with E-state index < -0.39 is 11.9 Å². The Labute approximate surface area is 102 Å². The maximum absolute atomic E-state index is 11.8. The van der Waals surface area contributed by atoms with E-state index in [4.69, 9.17) is 5.11 Å². The molecule has 0 saturated carbocycles. The molecule has 1 fully saturated rings. The molecular weight excluding hydrogens is 222 g/mol. The summed E-state index contributed by atoms with van der Waals surface area (Å²) in [7, 11) is 2.02. The molecule has 17 heavy (non-hydrogen) atoms. The fourth-order valence-corrected chi connectivity index (χ4v) is 1.74. The van der Waals surface area contributed by atoms with Gasteiger partial charge in [0, 0.05) is 32.7 Å². The normalized spacial score (nSPS) is 18.8. The van der Waals surface area contributed by atoms with E-state index in [1.807, 2.05) is 7.05 Å². The first kappa shape index (κ1) is 13.8.